The molecule has 4 rings (SSSR count). The van der Waals surface area contributed by atoms with Crippen LogP contribution in [0.1, 0.15) is 17.5 Å². The lowest BCUT2D eigenvalue weighted by molar-refractivity contribution is 0.0960. The molecule has 4 aromatic rings. The van der Waals surface area contributed by atoms with E-state index in [0.717, 1.165) is 15.6 Å². The highest BCUT2D eigenvalue weighted by Gasteiger charge is 2.25. The van der Waals surface area contributed by atoms with Crippen LogP contribution < -0.4 is 9.64 Å². The van der Waals surface area contributed by atoms with Gasteiger partial charge in [0.1, 0.15) is 0 Å². The van der Waals surface area contributed by atoms with E-state index in [1.165, 1.54) is 11.3 Å². The minimum Gasteiger partial charge on any atom is -0.490 e. The molecule has 29 heavy (non-hydrogen) atoms. The number of hydrogen-bond acceptors (Lipinski definition) is 6. The van der Waals surface area contributed by atoms with Gasteiger partial charge in [0.15, 0.2) is 22.2 Å². The Morgan fingerprint density at radius 2 is 1.97 bits per heavy atom. The first-order valence-corrected chi connectivity index (χ1v) is 10.4. The lowest BCUT2D eigenvalue weighted by atomic mass is 10.2. The standard InChI is InChI=1S/C22H23N3O3S/c1-4-27-17-10-7-8-15-14-18(28-20(15)17)21(26)25(13-12-24(2)3)22-23-16-9-5-6-11-19(16)29-22/h5-11,14H,4,12-13H2,1-3H3. The van der Waals surface area contributed by atoms with Gasteiger partial charge >= 0.3 is 0 Å². The summed E-state index contributed by atoms with van der Waals surface area (Å²) in [5, 5.41) is 1.51. The fourth-order valence-electron chi connectivity index (χ4n) is 3.10. The summed E-state index contributed by atoms with van der Waals surface area (Å²) in [4.78, 5) is 21.8. The zero-order valence-electron chi connectivity index (χ0n) is 16.7. The van der Waals surface area contributed by atoms with Crippen molar-refractivity contribution in [1.29, 1.82) is 0 Å². The summed E-state index contributed by atoms with van der Waals surface area (Å²) < 4.78 is 12.6. The molecule has 0 N–H and O–H groups in total. The second kappa shape index (κ2) is 8.23. The average Bonchev–Trinajstić information content (AvgIpc) is 3.32. The smallest absolute Gasteiger partial charge is 0.295 e. The molecule has 7 heteroatoms. The van der Waals surface area contributed by atoms with Crippen molar-refractivity contribution >= 4 is 43.6 Å². The van der Waals surface area contributed by atoms with Gasteiger partial charge < -0.3 is 14.1 Å². The van der Waals surface area contributed by atoms with E-state index in [4.69, 9.17) is 9.15 Å². The molecule has 0 radical (unpaired) electrons. The number of hydrogen-bond donors (Lipinski definition) is 0. The Bertz CT molecular complexity index is 1120. The highest BCUT2D eigenvalue weighted by atomic mass is 32.1. The van der Waals surface area contributed by atoms with E-state index in [1.54, 1.807) is 11.0 Å². The molecule has 0 fully saturated rings. The molecule has 2 aromatic heterocycles. The topological polar surface area (TPSA) is 58.8 Å². The number of para-hydroxylation sites is 2. The van der Waals surface area contributed by atoms with Gasteiger partial charge in [-0.2, -0.15) is 0 Å². The van der Waals surface area contributed by atoms with Crippen molar-refractivity contribution in [2.24, 2.45) is 0 Å². The Morgan fingerprint density at radius 3 is 2.72 bits per heavy atom. The second-order valence-corrected chi connectivity index (χ2v) is 7.95. The number of amides is 1. The molecular formula is C22H23N3O3S. The molecule has 1 amide bonds. The van der Waals surface area contributed by atoms with E-state index in [2.05, 4.69) is 4.98 Å². The Balaban J connectivity index is 1.73. The van der Waals surface area contributed by atoms with Gasteiger partial charge in [-0.3, -0.25) is 9.69 Å². The highest BCUT2D eigenvalue weighted by molar-refractivity contribution is 7.22. The number of anilines is 1. The lowest BCUT2D eigenvalue weighted by Gasteiger charge is -2.20. The molecule has 0 saturated carbocycles. The van der Waals surface area contributed by atoms with Crippen molar-refractivity contribution in [3.63, 3.8) is 0 Å². The van der Waals surface area contributed by atoms with Gasteiger partial charge in [0.25, 0.3) is 5.91 Å². The van der Waals surface area contributed by atoms with E-state index in [9.17, 15) is 4.79 Å². The van der Waals surface area contributed by atoms with Crippen LogP contribution in [-0.4, -0.2) is 49.6 Å². The van der Waals surface area contributed by atoms with Gasteiger partial charge in [0, 0.05) is 18.5 Å². The average molecular weight is 410 g/mol. The Morgan fingerprint density at radius 1 is 1.14 bits per heavy atom. The normalized spacial score (nSPS) is 11.4. The summed E-state index contributed by atoms with van der Waals surface area (Å²) in [6.45, 7) is 3.68. The maximum absolute atomic E-state index is 13.4. The summed E-state index contributed by atoms with van der Waals surface area (Å²) >= 11 is 1.51. The van der Waals surface area contributed by atoms with Gasteiger partial charge in [-0.25, -0.2) is 4.98 Å². The predicted molar refractivity (Wildman–Crippen MR) is 117 cm³/mol. The van der Waals surface area contributed by atoms with Gasteiger partial charge in [-0.05, 0) is 45.3 Å². The lowest BCUT2D eigenvalue weighted by Crippen LogP contribution is -2.36. The van der Waals surface area contributed by atoms with Crippen LogP contribution in [-0.2, 0) is 0 Å². The number of carbonyl (C=O) groups is 1. The van der Waals surface area contributed by atoms with Crippen LogP contribution in [0.2, 0.25) is 0 Å². The van der Waals surface area contributed by atoms with E-state index in [0.29, 0.717) is 36.2 Å². The number of ether oxygens (including phenoxy) is 1. The molecule has 0 aliphatic rings. The predicted octanol–water partition coefficient (Wildman–Crippen LogP) is 4.65. The second-order valence-electron chi connectivity index (χ2n) is 6.94. The van der Waals surface area contributed by atoms with Crippen molar-refractivity contribution in [2.75, 3.05) is 38.7 Å². The van der Waals surface area contributed by atoms with Gasteiger partial charge in [0.2, 0.25) is 0 Å². The number of fused-ring (bicyclic) bond motifs is 2. The van der Waals surface area contributed by atoms with Gasteiger partial charge in [-0.1, -0.05) is 35.6 Å². The van der Waals surface area contributed by atoms with Crippen molar-refractivity contribution < 1.29 is 13.9 Å². The minimum atomic E-state index is -0.204. The first-order valence-electron chi connectivity index (χ1n) is 9.54. The van der Waals surface area contributed by atoms with Crippen molar-refractivity contribution in [3.05, 3.63) is 54.3 Å². The first-order chi connectivity index (χ1) is 14.1. The van der Waals surface area contributed by atoms with Crippen LogP contribution >= 0.6 is 11.3 Å². The number of thiazole rings is 1. The fourth-order valence-corrected chi connectivity index (χ4v) is 4.09. The molecule has 0 saturated heterocycles. The summed E-state index contributed by atoms with van der Waals surface area (Å²) in [5.74, 6) is 0.721. The number of benzene rings is 2. The van der Waals surface area contributed by atoms with Crippen LogP contribution in [0.25, 0.3) is 21.2 Å². The van der Waals surface area contributed by atoms with Crippen molar-refractivity contribution in [1.82, 2.24) is 9.88 Å². The molecular weight excluding hydrogens is 386 g/mol. The van der Waals surface area contributed by atoms with Gasteiger partial charge in [-0.15, -0.1) is 0 Å². The van der Waals surface area contributed by atoms with Crippen LogP contribution in [0.5, 0.6) is 5.75 Å². The van der Waals surface area contributed by atoms with E-state index in [1.807, 2.05) is 68.4 Å². The van der Waals surface area contributed by atoms with Gasteiger partial charge in [0.05, 0.1) is 16.8 Å². The summed E-state index contributed by atoms with van der Waals surface area (Å²) in [5.41, 5.74) is 1.48. The third-order valence-corrected chi connectivity index (χ3v) is 5.61. The van der Waals surface area contributed by atoms with Crippen molar-refractivity contribution in [3.8, 4) is 5.75 Å². The SMILES string of the molecule is CCOc1cccc2cc(C(=O)N(CCN(C)C)c3nc4ccccc4s3)oc12. The number of nitrogens with zero attached hydrogens (tertiary/aromatic N) is 3. The molecule has 0 aliphatic heterocycles. The molecule has 0 aliphatic carbocycles. The maximum Gasteiger partial charge on any atom is 0.295 e. The maximum atomic E-state index is 13.4. The van der Waals surface area contributed by atoms with Crippen LogP contribution in [0.15, 0.2) is 52.9 Å². The number of furan rings is 1. The molecule has 0 atom stereocenters. The number of likely N-dealkylation sites (N-methyl/N-ethyl adjacent to an activating group) is 1. The van der Waals surface area contributed by atoms with E-state index >= 15 is 0 Å². The zero-order valence-corrected chi connectivity index (χ0v) is 17.5. The number of carbonyl (C=O) groups excluding carboxylic acids is 1. The molecule has 6 nitrogen and oxygen atoms in total. The monoisotopic (exact) mass is 409 g/mol. The third kappa shape index (κ3) is 3.97. The van der Waals surface area contributed by atoms with Crippen LogP contribution in [0.4, 0.5) is 5.13 Å². The Labute approximate surface area is 173 Å². The summed E-state index contributed by atoms with van der Waals surface area (Å²) in [6.07, 6.45) is 0. The minimum absolute atomic E-state index is 0.204. The molecule has 0 bridgehead atoms. The summed E-state index contributed by atoms with van der Waals surface area (Å²) in [7, 11) is 3.97. The Kier molecular flexibility index (Phi) is 5.51. The highest BCUT2D eigenvalue weighted by Crippen LogP contribution is 2.32. The van der Waals surface area contributed by atoms with E-state index in [-0.39, 0.29) is 11.7 Å². The van der Waals surface area contributed by atoms with E-state index < -0.39 is 0 Å². The molecule has 2 aromatic carbocycles. The molecule has 0 spiro atoms. The largest absolute Gasteiger partial charge is 0.490 e. The third-order valence-electron chi connectivity index (χ3n) is 4.55. The fraction of sp³-hybridized carbons (Fsp3) is 0.273. The molecule has 150 valence electrons. The number of rotatable bonds is 7. The molecule has 2 heterocycles. The quantitative estimate of drug-likeness (QED) is 0.445. The first kappa shape index (κ1) is 19.4. The van der Waals surface area contributed by atoms with Crippen LogP contribution in [0, 0.1) is 0 Å². The van der Waals surface area contributed by atoms with Crippen LogP contribution in [0.3, 0.4) is 0 Å². The Hall–Kier alpha value is -2.90. The van der Waals surface area contributed by atoms with Crippen molar-refractivity contribution in [2.45, 2.75) is 6.92 Å². The molecule has 0 unspecified atom stereocenters. The zero-order chi connectivity index (χ0) is 20.4. The summed E-state index contributed by atoms with van der Waals surface area (Å²) in [6, 6.07) is 15.3. The number of aromatic nitrogens is 1.